The molecule has 3 heterocycles. The van der Waals surface area contributed by atoms with Crippen LogP contribution in [0.4, 0.5) is 5.69 Å². The third kappa shape index (κ3) is 2.87. The van der Waals surface area contributed by atoms with Crippen molar-refractivity contribution in [2.24, 2.45) is 17.8 Å². The number of benzene rings is 1. The van der Waals surface area contributed by atoms with Crippen molar-refractivity contribution in [2.75, 3.05) is 32.1 Å². The maximum atomic E-state index is 12.9. The molecule has 7 heteroatoms. The summed E-state index contributed by atoms with van der Waals surface area (Å²) in [5.74, 6) is 1.83. The van der Waals surface area contributed by atoms with E-state index in [1.54, 1.807) is 12.1 Å². The number of nitrogens with one attached hydrogen (secondary N) is 2. The fourth-order valence-electron chi connectivity index (χ4n) is 4.84. The Labute approximate surface area is 151 Å². The molecule has 1 aliphatic carbocycles. The van der Waals surface area contributed by atoms with Crippen LogP contribution in [0, 0.1) is 17.8 Å². The smallest absolute Gasteiger partial charge is 0.255 e. The van der Waals surface area contributed by atoms with E-state index >= 15 is 0 Å². The van der Waals surface area contributed by atoms with E-state index in [1.165, 1.54) is 27.0 Å². The van der Waals surface area contributed by atoms with Gasteiger partial charge in [0.2, 0.25) is 5.91 Å². The number of ether oxygens (including phenoxy) is 1. The van der Waals surface area contributed by atoms with Gasteiger partial charge in [0.25, 0.3) is 5.91 Å². The molecule has 1 saturated carbocycles. The molecule has 0 aromatic heterocycles. The third-order valence-corrected chi connectivity index (χ3v) is 6.09. The van der Waals surface area contributed by atoms with Gasteiger partial charge in [-0.3, -0.25) is 9.59 Å². The summed E-state index contributed by atoms with van der Waals surface area (Å²) in [4.78, 5) is 26.6. The van der Waals surface area contributed by atoms with Gasteiger partial charge < -0.3 is 20.3 Å². The van der Waals surface area contributed by atoms with Crippen molar-refractivity contribution in [1.29, 1.82) is 0 Å². The Morgan fingerprint density at radius 1 is 1.24 bits per heavy atom. The fourth-order valence-corrected chi connectivity index (χ4v) is 5.05. The lowest BCUT2D eigenvalue weighted by atomic mass is 9.93. The van der Waals surface area contributed by atoms with E-state index in [4.69, 9.17) is 16.3 Å². The van der Waals surface area contributed by atoms with Gasteiger partial charge in [-0.2, -0.15) is 0 Å². The van der Waals surface area contributed by atoms with Gasteiger partial charge in [-0.05, 0) is 30.2 Å². The summed E-state index contributed by atoms with van der Waals surface area (Å²) in [6.07, 6.45) is 1.21. The normalized spacial score (nSPS) is 31.9. The lowest BCUT2D eigenvalue weighted by molar-refractivity contribution is -0.114. The molecule has 0 spiro atoms. The number of halogens is 1. The Bertz CT molecular complexity index is 735. The molecule has 2 amide bonds. The molecule has 4 fully saturated rings. The van der Waals surface area contributed by atoms with E-state index in [-0.39, 0.29) is 17.9 Å². The molecule has 5 rings (SSSR count). The summed E-state index contributed by atoms with van der Waals surface area (Å²) in [6, 6.07) is 3.39. The molecule has 2 N–H and O–H groups in total. The van der Waals surface area contributed by atoms with Crippen molar-refractivity contribution >= 4 is 29.1 Å². The first-order valence-electron chi connectivity index (χ1n) is 8.64. The van der Waals surface area contributed by atoms with Crippen LogP contribution in [0.1, 0.15) is 23.7 Å². The van der Waals surface area contributed by atoms with Gasteiger partial charge in [0.1, 0.15) is 5.75 Å². The predicted molar refractivity (Wildman–Crippen MR) is 95.1 cm³/mol. The number of anilines is 1. The summed E-state index contributed by atoms with van der Waals surface area (Å²) >= 11 is 6.23. The Balaban J connectivity index is 1.56. The molecule has 134 valence electrons. The molecule has 5 unspecified atom stereocenters. The number of piperidine rings is 2. The lowest BCUT2D eigenvalue weighted by Crippen LogP contribution is -2.50. The van der Waals surface area contributed by atoms with E-state index in [2.05, 4.69) is 15.5 Å². The van der Waals surface area contributed by atoms with Gasteiger partial charge in [-0.15, -0.1) is 0 Å². The summed E-state index contributed by atoms with van der Waals surface area (Å²) < 4.78 is 5.35. The lowest BCUT2D eigenvalue weighted by Gasteiger charge is -2.35. The summed E-state index contributed by atoms with van der Waals surface area (Å²) in [6.45, 7) is 4.75. The SMILES string of the molecule is COc1cc(NC(C)=O)c(Cl)cc1C(=O)NC1C2CC3CN(C2)CC31. The maximum Gasteiger partial charge on any atom is 0.255 e. The number of hydrogen-bond donors (Lipinski definition) is 2. The van der Waals surface area contributed by atoms with Gasteiger partial charge in [0.15, 0.2) is 0 Å². The van der Waals surface area contributed by atoms with Gasteiger partial charge in [-0.1, -0.05) is 11.6 Å². The minimum absolute atomic E-state index is 0.163. The minimum Gasteiger partial charge on any atom is -0.496 e. The highest BCUT2D eigenvalue weighted by atomic mass is 35.5. The van der Waals surface area contributed by atoms with Gasteiger partial charge in [-0.25, -0.2) is 0 Å². The zero-order valence-electron chi connectivity index (χ0n) is 14.3. The van der Waals surface area contributed by atoms with Crippen molar-refractivity contribution in [1.82, 2.24) is 10.2 Å². The maximum absolute atomic E-state index is 12.9. The van der Waals surface area contributed by atoms with Crippen LogP contribution in [0.3, 0.4) is 0 Å². The second-order valence-electron chi connectivity index (χ2n) is 7.35. The Morgan fingerprint density at radius 2 is 2.00 bits per heavy atom. The topological polar surface area (TPSA) is 70.7 Å². The monoisotopic (exact) mass is 363 g/mol. The first kappa shape index (κ1) is 16.7. The summed E-state index contributed by atoms with van der Waals surface area (Å²) in [5.41, 5.74) is 0.841. The average molecular weight is 364 g/mol. The van der Waals surface area contributed by atoms with Crippen LogP contribution in [0.25, 0.3) is 0 Å². The zero-order chi connectivity index (χ0) is 17.7. The number of carbonyl (C=O) groups is 2. The molecular weight excluding hydrogens is 342 g/mol. The van der Waals surface area contributed by atoms with E-state index in [1.807, 2.05) is 0 Å². The van der Waals surface area contributed by atoms with Crippen molar-refractivity contribution in [3.8, 4) is 5.75 Å². The van der Waals surface area contributed by atoms with Crippen molar-refractivity contribution in [3.63, 3.8) is 0 Å². The van der Waals surface area contributed by atoms with Gasteiger partial charge in [0.05, 0.1) is 23.4 Å². The second-order valence-corrected chi connectivity index (χ2v) is 7.76. The number of hydrogen-bond acceptors (Lipinski definition) is 4. The van der Waals surface area contributed by atoms with E-state index < -0.39 is 0 Å². The number of rotatable bonds is 4. The second kappa shape index (κ2) is 6.18. The summed E-state index contributed by atoms with van der Waals surface area (Å²) in [7, 11) is 1.50. The number of nitrogens with zero attached hydrogens (tertiary/aromatic N) is 1. The number of methoxy groups -OCH3 is 1. The molecular formula is C18H22ClN3O3. The van der Waals surface area contributed by atoms with Crippen LogP contribution in [0.5, 0.6) is 5.75 Å². The molecule has 6 nitrogen and oxygen atoms in total. The van der Waals surface area contributed by atoms with Crippen LogP contribution in [0.2, 0.25) is 5.02 Å². The van der Waals surface area contributed by atoms with Crippen LogP contribution in [0.15, 0.2) is 12.1 Å². The number of amides is 2. The molecule has 0 radical (unpaired) electrons. The Hall–Kier alpha value is -1.79. The minimum atomic E-state index is -0.228. The zero-order valence-corrected chi connectivity index (χ0v) is 15.1. The van der Waals surface area contributed by atoms with Crippen LogP contribution in [-0.2, 0) is 4.79 Å². The largest absolute Gasteiger partial charge is 0.496 e. The van der Waals surface area contributed by atoms with Gasteiger partial charge in [0, 0.05) is 38.7 Å². The molecule has 3 aliphatic heterocycles. The van der Waals surface area contributed by atoms with Crippen molar-refractivity contribution in [3.05, 3.63) is 22.7 Å². The quantitative estimate of drug-likeness (QED) is 0.858. The molecule has 1 aromatic rings. The molecule has 3 saturated heterocycles. The van der Waals surface area contributed by atoms with Crippen LogP contribution in [-0.4, -0.2) is 49.5 Å². The Kier molecular flexibility index (Phi) is 4.12. The molecule has 1 aromatic carbocycles. The van der Waals surface area contributed by atoms with E-state index in [0.717, 1.165) is 19.0 Å². The van der Waals surface area contributed by atoms with Crippen molar-refractivity contribution < 1.29 is 14.3 Å². The molecule has 4 bridgehead atoms. The first-order chi connectivity index (χ1) is 12.0. The van der Waals surface area contributed by atoms with Crippen LogP contribution >= 0.6 is 11.6 Å². The average Bonchev–Trinajstić information content (AvgIpc) is 2.97. The van der Waals surface area contributed by atoms with Crippen molar-refractivity contribution in [2.45, 2.75) is 19.4 Å². The van der Waals surface area contributed by atoms with Gasteiger partial charge >= 0.3 is 0 Å². The highest BCUT2D eigenvalue weighted by Crippen LogP contribution is 2.47. The molecule has 5 atom stereocenters. The van der Waals surface area contributed by atoms with Crippen LogP contribution < -0.4 is 15.4 Å². The molecule has 4 aliphatic rings. The fraction of sp³-hybridized carbons (Fsp3) is 0.556. The number of carbonyl (C=O) groups excluding carboxylic acids is 2. The Morgan fingerprint density at radius 3 is 2.68 bits per heavy atom. The van der Waals surface area contributed by atoms with E-state index in [9.17, 15) is 9.59 Å². The highest BCUT2D eigenvalue weighted by molar-refractivity contribution is 6.34. The standard InChI is InChI=1S/C18H22ClN3O3/c1-9(23)20-15-5-16(25-2)12(4-14(15)19)18(24)21-17-11-3-10-6-22(7-11)8-13(10)17/h4-5,10-11,13,17H,3,6-8H2,1-2H3,(H,20,23)(H,21,24). The predicted octanol–water partition coefficient (Wildman–Crippen LogP) is 1.99. The summed E-state index contributed by atoms with van der Waals surface area (Å²) in [5, 5.41) is 6.19. The third-order valence-electron chi connectivity index (χ3n) is 5.78. The highest BCUT2D eigenvalue weighted by Gasteiger charge is 2.53. The van der Waals surface area contributed by atoms with E-state index in [0.29, 0.717) is 33.9 Å². The molecule has 25 heavy (non-hydrogen) atoms. The first-order valence-corrected chi connectivity index (χ1v) is 9.02.